The van der Waals surface area contributed by atoms with Crippen molar-refractivity contribution in [2.45, 2.75) is 18.7 Å². The first-order valence-electron chi connectivity index (χ1n) is 8.42. The summed E-state index contributed by atoms with van der Waals surface area (Å²) in [5, 5.41) is 11.0. The highest BCUT2D eigenvalue weighted by Gasteiger charge is 2.15. The van der Waals surface area contributed by atoms with Crippen molar-refractivity contribution >= 4 is 21.4 Å². The highest BCUT2D eigenvalue weighted by Crippen LogP contribution is 2.22. The molecule has 1 amide bonds. The number of nitrogens with one attached hydrogen (secondary N) is 1. The lowest BCUT2D eigenvalue weighted by molar-refractivity contribution is 0.102. The van der Waals surface area contributed by atoms with E-state index >= 15 is 0 Å². The van der Waals surface area contributed by atoms with Crippen LogP contribution in [-0.2, 0) is 16.9 Å². The Balaban J connectivity index is 1.86. The first-order valence-corrected chi connectivity index (χ1v) is 10.1. The molecule has 0 unspecified atom stereocenters. The average molecular weight is 384 g/mol. The molecule has 7 nitrogen and oxygen atoms in total. The summed E-state index contributed by atoms with van der Waals surface area (Å²) in [6, 6.07) is 13.3. The van der Waals surface area contributed by atoms with Gasteiger partial charge in [0.25, 0.3) is 5.91 Å². The number of carbonyl (C=O) groups is 1. The summed E-state index contributed by atoms with van der Waals surface area (Å²) in [4.78, 5) is 12.7. The molecule has 0 spiro atoms. The summed E-state index contributed by atoms with van der Waals surface area (Å²) >= 11 is 0. The molecule has 0 saturated carbocycles. The summed E-state index contributed by atoms with van der Waals surface area (Å²) in [5.74, 6) is 1.08. The van der Waals surface area contributed by atoms with Gasteiger partial charge in [0.2, 0.25) is 0 Å². The molecule has 3 rings (SSSR count). The number of rotatable bonds is 5. The average Bonchev–Trinajstić information content (AvgIpc) is 3.01. The molecular weight excluding hydrogens is 364 g/mol. The molecule has 8 heteroatoms. The number of nitrogens with zero attached hydrogens (tertiary/aromatic N) is 3. The smallest absolute Gasteiger partial charge is 0.255 e. The molecule has 0 bridgehead atoms. The Kier molecular flexibility index (Phi) is 5.09. The second-order valence-corrected chi connectivity index (χ2v) is 8.37. The van der Waals surface area contributed by atoms with E-state index in [1.54, 1.807) is 31.2 Å². The fourth-order valence-electron chi connectivity index (χ4n) is 2.60. The molecule has 0 saturated heterocycles. The van der Waals surface area contributed by atoms with Gasteiger partial charge in [-0.1, -0.05) is 25.1 Å². The summed E-state index contributed by atoms with van der Waals surface area (Å²) in [5.41, 5.74) is 1.68. The first kappa shape index (κ1) is 18.8. The molecule has 0 fully saturated rings. The number of carbonyl (C=O) groups excluding carboxylic acids is 1. The van der Waals surface area contributed by atoms with E-state index in [1.165, 1.54) is 12.1 Å². The van der Waals surface area contributed by atoms with Crippen LogP contribution in [0.15, 0.2) is 53.4 Å². The van der Waals surface area contributed by atoms with Crippen molar-refractivity contribution in [3.05, 3.63) is 59.9 Å². The third-order valence-corrected chi connectivity index (χ3v) is 6.04. The van der Waals surface area contributed by atoms with Crippen LogP contribution in [0.3, 0.4) is 0 Å². The minimum Gasteiger partial charge on any atom is -0.322 e. The van der Waals surface area contributed by atoms with Crippen molar-refractivity contribution in [1.82, 2.24) is 14.8 Å². The van der Waals surface area contributed by atoms with Crippen LogP contribution in [0, 0.1) is 6.92 Å². The second kappa shape index (κ2) is 7.32. The van der Waals surface area contributed by atoms with Crippen LogP contribution in [0.5, 0.6) is 0 Å². The molecule has 1 heterocycles. The predicted molar refractivity (Wildman–Crippen MR) is 103 cm³/mol. The van der Waals surface area contributed by atoms with E-state index in [0.29, 0.717) is 11.5 Å². The van der Waals surface area contributed by atoms with Gasteiger partial charge < -0.3 is 9.88 Å². The van der Waals surface area contributed by atoms with Crippen molar-refractivity contribution in [3.8, 4) is 11.4 Å². The van der Waals surface area contributed by atoms with Gasteiger partial charge in [-0.05, 0) is 37.3 Å². The Labute approximate surface area is 158 Å². The predicted octanol–water partition coefficient (Wildman–Crippen LogP) is 2.84. The molecule has 3 aromatic rings. The molecule has 1 aromatic heterocycles. The Hall–Kier alpha value is -3.00. The topological polar surface area (TPSA) is 93.9 Å². The Morgan fingerprint density at radius 1 is 1.11 bits per heavy atom. The standard InChI is InChI=1S/C19H20N4O3S/c1-4-27(25,26)17-10-6-8-15(12-17)19(24)20-16-9-5-7-14(11-16)18-22-21-13(2)23(18)3/h5-12H,4H2,1-3H3,(H,20,24). The highest BCUT2D eigenvalue weighted by atomic mass is 32.2. The van der Waals surface area contributed by atoms with Gasteiger partial charge in [-0.15, -0.1) is 10.2 Å². The van der Waals surface area contributed by atoms with Crippen LogP contribution < -0.4 is 5.32 Å². The van der Waals surface area contributed by atoms with Crippen molar-refractivity contribution in [2.24, 2.45) is 7.05 Å². The van der Waals surface area contributed by atoms with Gasteiger partial charge in [-0.25, -0.2) is 8.42 Å². The highest BCUT2D eigenvalue weighted by molar-refractivity contribution is 7.91. The van der Waals surface area contributed by atoms with Crippen molar-refractivity contribution in [2.75, 3.05) is 11.1 Å². The normalized spacial score (nSPS) is 11.4. The van der Waals surface area contributed by atoms with E-state index in [-0.39, 0.29) is 22.1 Å². The Bertz CT molecular complexity index is 1100. The van der Waals surface area contributed by atoms with Crippen LogP contribution in [0.2, 0.25) is 0 Å². The summed E-state index contributed by atoms with van der Waals surface area (Å²) in [6.07, 6.45) is 0. The summed E-state index contributed by atoms with van der Waals surface area (Å²) in [6.45, 7) is 3.43. The second-order valence-electron chi connectivity index (χ2n) is 6.10. The van der Waals surface area contributed by atoms with Crippen molar-refractivity contribution < 1.29 is 13.2 Å². The lowest BCUT2D eigenvalue weighted by Crippen LogP contribution is -2.13. The van der Waals surface area contributed by atoms with Crippen LogP contribution in [0.25, 0.3) is 11.4 Å². The number of aromatic nitrogens is 3. The van der Waals surface area contributed by atoms with E-state index in [2.05, 4.69) is 15.5 Å². The third-order valence-electron chi connectivity index (χ3n) is 4.31. The van der Waals surface area contributed by atoms with Crippen LogP contribution >= 0.6 is 0 Å². The van der Waals surface area contributed by atoms with E-state index in [0.717, 1.165) is 11.4 Å². The van der Waals surface area contributed by atoms with Crippen LogP contribution in [-0.4, -0.2) is 34.8 Å². The van der Waals surface area contributed by atoms with Gasteiger partial charge in [0, 0.05) is 23.9 Å². The molecule has 0 aliphatic carbocycles. The molecule has 27 heavy (non-hydrogen) atoms. The zero-order valence-electron chi connectivity index (χ0n) is 15.3. The molecular formula is C19H20N4O3S. The monoisotopic (exact) mass is 384 g/mol. The number of aryl methyl sites for hydroxylation is 1. The Morgan fingerprint density at radius 2 is 1.85 bits per heavy atom. The van der Waals surface area contributed by atoms with E-state index < -0.39 is 9.84 Å². The molecule has 0 atom stereocenters. The zero-order valence-corrected chi connectivity index (χ0v) is 16.1. The van der Waals surface area contributed by atoms with Crippen LogP contribution in [0.1, 0.15) is 23.1 Å². The van der Waals surface area contributed by atoms with Gasteiger partial charge in [0.15, 0.2) is 15.7 Å². The number of benzene rings is 2. The molecule has 0 aliphatic rings. The first-order chi connectivity index (χ1) is 12.8. The Morgan fingerprint density at radius 3 is 2.52 bits per heavy atom. The largest absolute Gasteiger partial charge is 0.322 e. The van der Waals surface area contributed by atoms with Gasteiger partial charge in [0.05, 0.1) is 10.6 Å². The van der Waals surface area contributed by atoms with Gasteiger partial charge in [0.1, 0.15) is 5.82 Å². The lowest BCUT2D eigenvalue weighted by atomic mass is 10.1. The summed E-state index contributed by atoms with van der Waals surface area (Å²) < 4.78 is 25.9. The van der Waals surface area contributed by atoms with Gasteiger partial charge >= 0.3 is 0 Å². The van der Waals surface area contributed by atoms with E-state index in [1.807, 2.05) is 30.7 Å². The number of sulfone groups is 1. The van der Waals surface area contributed by atoms with Crippen LogP contribution in [0.4, 0.5) is 5.69 Å². The number of hydrogen-bond acceptors (Lipinski definition) is 5. The molecule has 1 N–H and O–H groups in total. The molecule has 0 aliphatic heterocycles. The summed E-state index contributed by atoms with van der Waals surface area (Å²) in [7, 11) is -1.50. The zero-order chi connectivity index (χ0) is 19.6. The lowest BCUT2D eigenvalue weighted by Gasteiger charge is -2.09. The maximum atomic E-state index is 12.6. The maximum Gasteiger partial charge on any atom is 0.255 e. The quantitative estimate of drug-likeness (QED) is 0.730. The van der Waals surface area contributed by atoms with E-state index in [9.17, 15) is 13.2 Å². The minimum absolute atomic E-state index is 0.0166. The van der Waals surface area contributed by atoms with E-state index in [4.69, 9.17) is 0 Å². The molecule has 0 radical (unpaired) electrons. The number of amides is 1. The van der Waals surface area contributed by atoms with Gasteiger partial charge in [-0.2, -0.15) is 0 Å². The fourth-order valence-corrected chi connectivity index (χ4v) is 3.52. The fraction of sp³-hybridized carbons (Fsp3) is 0.211. The molecule has 2 aromatic carbocycles. The number of anilines is 1. The minimum atomic E-state index is -3.37. The number of hydrogen-bond donors (Lipinski definition) is 1. The van der Waals surface area contributed by atoms with Crippen molar-refractivity contribution in [1.29, 1.82) is 0 Å². The third kappa shape index (κ3) is 3.90. The maximum absolute atomic E-state index is 12.6. The SMILES string of the molecule is CCS(=O)(=O)c1cccc(C(=O)Nc2cccc(-c3nnc(C)n3C)c2)c1. The van der Waals surface area contributed by atoms with Gasteiger partial charge in [-0.3, -0.25) is 4.79 Å². The molecule has 140 valence electrons. The van der Waals surface area contributed by atoms with Crippen molar-refractivity contribution in [3.63, 3.8) is 0 Å².